The first-order valence-corrected chi connectivity index (χ1v) is 8.02. The van der Waals surface area contributed by atoms with Gasteiger partial charge in [0.2, 0.25) is 5.78 Å². The molecule has 1 aliphatic rings. The molecule has 0 aliphatic carbocycles. The van der Waals surface area contributed by atoms with Gasteiger partial charge in [-0.1, -0.05) is 43.7 Å². The minimum atomic E-state index is -0.595. The van der Waals surface area contributed by atoms with E-state index < -0.39 is 23.5 Å². The number of carbonyl (C=O) groups excluding carboxylic acids is 2. The molecule has 24 heavy (non-hydrogen) atoms. The Hall–Kier alpha value is -2.82. The summed E-state index contributed by atoms with van der Waals surface area (Å²) in [5.41, 5.74) is 0.873. The van der Waals surface area contributed by atoms with Gasteiger partial charge in [-0.05, 0) is 24.1 Å². The standard InChI is InChI=1S/C19H19NO4/c1-2-3-11-20-16(13-8-5-4-6-9-13)15(18(22)19(20)23)17(21)14-10-7-12-24-14/h4-10,12,16,22H,2-3,11H2,1H3. The van der Waals surface area contributed by atoms with Crippen molar-refractivity contribution < 1.29 is 19.1 Å². The number of aliphatic hydroxyl groups is 1. The number of Topliss-reactive ketones (excluding diaryl/α,β-unsaturated/α-hetero) is 1. The van der Waals surface area contributed by atoms with Gasteiger partial charge in [0.05, 0.1) is 17.9 Å². The summed E-state index contributed by atoms with van der Waals surface area (Å²) in [6.07, 6.45) is 3.10. The first-order valence-electron chi connectivity index (χ1n) is 8.02. The zero-order valence-electron chi connectivity index (χ0n) is 13.4. The Balaban J connectivity index is 2.06. The highest BCUT2D eigenvalue weighted by Crippen LogP contribution is 2.39. The van der Waals surface area contributed by atoms with E-state index in [0.29, 0.717) is 6.54 Å². The van der Waals surface area contributed by atoms with Crippen LogP contribution in [0.5, 0.6) is 0 Å². The zero-order chi connectivity index (χ0) is 17.1. The Morgan fingerprint density at radius 2 is 1.96 bits per heavy atom. The smallest absolute Gasteiger partial charge is 0.290 e. The van der Waals surface area contributed by atoms with Crippen molar-refractivity contribution in [3.63, 3.8) is 0 Å². The third-order valence-electron chi connectivity index (χ3n) is 4.16. The number of ketones is 1. The Morgan fingerprint density at radius 3 is 2.58 bits per heavy atom. The summed E-state index contributed by atoms with van der Waals surface area (Å²) in [7, 11) is 0. The molecule has 0 spiro atoms. The van der Waals surface area contributed by atoms with E-state index in [2.05, 4.69) is 0 Å². The summed E-state index contributed by atoms with van der Waals surface area (Å²) in [5, 5.41) is 10.4. The number of aliphatic hydroxyl groups excluding tert-OH is 1. The molecule has 0 fully saturated rings. The number of amides is 1. The van der Waals surface area contributed by atoms with Crippen LogP contribution in [0.25, 0.3) is 0 Å². The lowest BCUT2D eigenvalue weighted by Crippen LogP contribution is -2.32. The summed E-state index contributed by atoms with van der Waals surface area (Å²) < 4.78 is 5.17. The fraction of sp³-hybridized carbons (Fsp3) is 0.263. The van der Waals surface area contributed by atoms with Crippen LogP contribution in [0.3, 0.4) is 0 Å². The molecule has 1 atom stereocenters. The molecule has 2 heterocycles. The Bertz CT molecular complexity index is 762. The molecule has 1 aromatic heterocycles. The van der Waals surface area contributed by atoms with Crippen LogP contribution in [0.2, 0.25) is 0 Å². The largest absolute Gasteiger partial charge is 0.503 e. The first-order chi connectivity index (χ1) is 11.6. The molecule has 5 nitrogen and oxygen atoms in total. The lowest BCUT2D eigenvalue weighted by atomic mass is 9.95. The molecule has 1 unspecified atom stereocenters. The van der Waals surface area contributed by atoms with Gasteiger partial charge in [0.25, 0.3) is 5.91 Å². The number of hydrogen-bond donors (Lipinski definition) is 1. The summed E-state index contributed by atoms with van der Waals surface area (Å²) in [6, 6.07) is 11.8. The summed E-state index contributed by atoms with van der Waals surface area (Å²) in [5.74, 6) is -1.34. The minimum absolute atomic E-state index is 0.0808. The van der Waals surface area contributed by atoms with Gasteiger partial charge in [-0.25, -0.2) is 0 Å². The summed E-state index contributed by atoms with van der Waals surface area (Å²) in [4.78, 5) is 26.9. The maximum absolute atomic E-state index is 12.8. The second-order valence-corrected chi connectivity index (χ2v) is 5.73. The average molecular weight is 325 g/mol. The van der Waals surface area contributed by atoms with E-state index in [1.807, 2.05) is 37.3 Å². The second-order valence-electron chi connectivity index (χ2n) is 5.73. The van der Waals surface area contributed by atoms with Gasteiger partial charge >= 0.3 is 0 Å². The van der Waals surface area contributed by atoms with E-state index >= 15 is 0 Å². The van der Waals surface area contributed by atoms with Crippen LogP contribution in [-0.4, -0.2) is 28.2 Å². The van der Waals surface area contributed by atoms with Gasteiger partial charge in [0.1, 0.15) is 0 Å². The van der Waals surface area contributed by atoms with Crippen LogP contribution >= 0.6 is 0 Å². The molecule has 1 N–H and O–H groups in total. The van der Waals surface area contributed by atoms with Gasteiger partial charge in [-0.3, -0.25) is 9.59 Å². The van der Waals surface area contributed by atoms with Crippen LogP contribution < -0.4 is 0 Å². The van der Waals surface area contributed by atoms with Crippen molar-refractivity contribution in [1.29, 1.82) is 0 Å². The zero-order valence-corrected chi connectivity index (χ0v) is 13.4. The molecule has 1 amide bonds. The van der Waals surface area contributed by atoms with Crippen molar-refractivity contribution in [2.24, 2.45) is 0 Å². The SMILES string of the molecule is CCCCN1C(=O)C(O)=C(C(=O)c2ccco2)C1c1ccccc1. The molecule has 2 aromatic rings. The monoisotopic (exact) mass is 325 g/mol. The maximum atomic E-state index is 12.8. The third-order valence-corrected chi connectivity index (χ3v) is 4.16. The quantitative estimate of drug-likeness (QED) is 0.823. The molecule has 0 radical (unpaired) electrons. The Kier molecular flexibility index (Phi) is 4.51. The highest BCUT2D eigenvalue weighted by molar-refractivity contribution is 6.14. The number of nitrogens with zero attached hydrogens (tertiary/aromatic N) is 1. The second kappa shape index (κ2) is 6.74. The van der Waals surface area contributed by atoms with Crippen LogP contribution in [0.1, 0.15) is 41.9 Å². The maximum Gasteiger partial charge on any atom is 0.290 e. The highest BCUT2D eigenvalue weighted by atomic mass is 16.3. The number of furan rings is 1. The summed E-state index contributed by atoms with van der Waals surface area (Å²) >= 11 is 0. The fourth-order valence-corrected chi connectivity index (χ4v) is 2.97. The molecule has 124 valence electrons. The normalized spacial score (nSPS) is 17.6. The molecule has 1 aliphatic heterocycles. The first kappa shape index (κ1) is 16.1. The lowest BCUT2D eigenvalue weighted by Gasteiger charge is -2.26. The van der Waals surface area contributed by atoms with Crippen LogP contribution in [0.15, 0.2) is 64.5 Å². The average Bonchev–Trinajstić information content (AvgIpc) is 3.22. The van der Waals surface area contributed by atoms with Crippen molar-refractivity contribution in [1.82, 2.24) is 4.90 Å². The van der Waals surface area contributed by atoms with Gasteiger partial charge in [-0.15, -0.1) is 0 Å². The van der Waals surface area contributed by atoms with Crippen molar-refractivity contribution >= 4 is 11.7 Å². The van der Waals surface area contributed by atoms with Gasteiger partial charge in [-0.2, -0.15) is 0 Å². The molecule has 0 saturated heterocycles. The Morgan fingerprint density at radius 1 is 1.21 bits per heavy atom. The van der Waals surface area contributed by atoms with Crippen LogP contribution in [0.4, 0.5) is 0 Å². The van der Waals surface area contributed by atoms with Crippen molar-refractivity contribution in [2.75, 3.05) is 6.54 Å². The molecule has 5 heteroatoms. The highest BCUT2D eigenvalue weighted by Gasteiger charge is 2.43. The summed E-state index contributed by atoms with van der Waals surface area (Å²) in [6.45, 7) is 2.51. The van der Waals surface area contributed by atoms with Gasteiger partial charge in [0, 0.05) is 6.54 Å². The molecular weight excluding hydrogens is 306 g/mol. The van der Waals surface area contributed by atoms with E-state index in [9.17, 15) is 14.7 Å². The number of unbranched alkanes of at least 4 members (excludes halogenated alkanes) is 1. The lowest BCUT2D eigenvalue weighted by molar-refractivity contribution is -0.129. The number of carbonyl (C=O) groups is 2. The Labute approximate surface area is 140 Å². The van der Waals surface area contributed by atoms with E-state index in [1.54, 1.807) is 11.0 Å². The number of benzene rings is 1. The molecule has 0 bridgehead atoms. The molecule has 1 aromatic carbocycles. The molecule has 0 saturated carbocycles. The molecular formula is C19H19NO4. The van der Waals surface area contributed by atoms with Crippen molar-refractivity contribution in [3.8, 4) is 0 Å². The van der Waals surface area contributed by atoms with E-state index in [1.165, 1.54) is 12.3 Å². The molecule has 3 rings (SSSR count). The number of hydrogen-bond acceptors (Lipinski definition) is 4. The fourth-order valence-electron chi connectivity index (χ4n) is 2.97. The predicted octanol–water partition coefficient (Wildman–Crippen LogP) is 3.66. The van der Waals surface area contributed by atoms with Gasteiger partial charge < -0.3 is 14.4 Å². The third kappa shape index (κ3) is 2.73. The van der Waals surface area contributed by atoms with E-state index in [4.69, 9.17) is 4.42 Å². The van der Waals surface area contributed by atoms with Gasteiger partial charge in [0.15, 0.2) is 11.5 Å². The minimum Gasteiger partial charge on any atom is -0.503 e. The van der Waals surface area contributed by atoms with E-state index in [-0.39, 0.29) is 11.3 Å². The van der Waals surface area contributed by atoms with Crippen LogP contribution in [0, 0.1) is 0 Å². The number of rotatable bonds is 6. The van der Waals surface area contributed by atoms with Crippen molar-refractivity contribution in [2.45, 2.75) is 25.8 Å². The topological polar surface area (TPSA) is 70.8 Å². The predicted molar refractivity (Wildman–Crippen MR) is 88.5 cm³/mol. The van der Waals surface area contributed by atoms with Crippen molar-refractivity contribution in [3.05, 3.63) is 71.4 Å². The van der Waals surface area contributed by atoms with E-state index in [0.717, 1.165) is 18.4 Å². The van der Waals surface area contributed by atoms with Crippen LogP contribution in [-0.2, 0) is 4.79 Å².